The van der Waals surface area contributed by atoms with E-state index in [1.165, 1.54) is 51.4 Å². The summed E-state index contributed by atoms with van der Waals surface area (Å²) in [6, 6.07) is 5.99. The second kappa shape index (κ2) is 16.0. The molecule has 1 aromatic carbocycles. The number of hydrogen-bond donors (Lipinski definition) is 1. The molecule has 1 aromatic rings. The number of carbonyl (C=O) groups excluding carboxylic acids is 1. The molecule has 0 radical (unpaired) electrons. The van der Waals surface area contributed by atoms with Gasteiger partial charge in [-0.3, -0.25) is 0 Å². The number of ether oxygens (including phenoxy) is 2. The molecule has 0 bridgehead atoms. The second-order valence-electron chi connectivity index (χ2n) is 9.23. The highest BCUT2D eigenvalue weighted by molar-refractivity contribution is 7.85. The van der Waals surface area contributed by atoms with E-state index in [4.69, 9.17) is 9.47 Å². The zero-order chi connectivity index (χ0) is 24.7. The summed E-state index contributed by atoms with van der Waals surface area (Å²) >= 11 is 0. The minimum Gasteiger partial charge on any atom is -0.748 e. The summed E-state index contributed by atoms with van der Waals surface area (Å²) in [5, 5.41) is 2.57. The van der Waals surface area contributed by atoms with Crippen LogP contribution in [0.25, 0.3) is 0 Å². The van der Waals surface area contributed by atoms with E-state index in [9.17, 15) is 17.8 Å². The molecule has 1 unspecified atom stereocenters. The van der Waals surface area contributed by atoms with Crippen LogP contribution in [0, 0.1) is 0 Å². The lowest BCUT2D eigenvalue weighted by molar-refractivity contribution is 0.0907. The van der Waals surface area contributed by atoms with E-state index < -0.39 is 22.0 Å². The average molecular weight is 497 g/mol. The number of fused-ring (bicyclic) bond motifs is 1. The van der Waals surface area contributed by atoms with Crippen molar-refractivity contribution in [3.8, 4) is 5.75 Å². The monoisotopic (exact) mass is 496 g/mol. The van der Waals surface area contributed by atoms with Crippen LogP contribution in [0.4, 0.5) is 4.79 Å². The molecule has 0 aliphatic carbocycles. The number of carbonyl (C=O) groups is 1. The Hall–Kier alpha value is -1.80. The van der Waals surface area contributed by atoms with Gasteiger partial charge in [-0.1, -0.05) is 70.8 Å². The van der Waals surface area contributed by atoms with Crippen molar-refractivity contribution in [1.29, 1.82) is 0 Å². The molecule has 0 aromatic heterocycles. The van der Waals surface area contributed by atoms with Crippen LogP contribution in [-0.2, 0) is 21.3 Å². The Morgan fingerprint density at radius 2 is 1.74 bits per heavy atom. The Labute approximate surface area is 205 Å². The Balaban J connectivity index is 1.81. The highest BCUT2D eigenvalue weighted by atomic mass is 32.2. The van der Waals surface area contributed by atoms with Crippen LogP contribution in [0.2, 0.25) is 0 Å². The van der Waals surface area contributed by atoms with Gasteiger partial charge in [0.2, 0.25) is 0 Å². The Kier molecular flexibility index (Phi) is 13.4. The first-order chi connectivity index (χ1) is 16.4. The lowest BCUT2D eigenvalue weighted by Crippen LogP contribution is -2.28. The quantitative estimate of drug-likeness (QED) is 0.209. The van der Waals surface area contributed by atoms with Gasteiger partial charge >= 0.3 is 6.09 Å². The molecule has 8 heteroatoms. The maximum atomic E-state index is 12.3. The van der Waals surface area contributed by atoms with Crippen molar-refractivity contribution in [1.82, 2.24) is 5.32 Å². The van der Waals surface area contributed by atoms with Crippen LogP contribution < -0.4 is 10.1 Å². The topological polar surface area (TPSA) is 105 Å². The number of alkyl carbamates (subject to hydrolysis) is 1. The van der Waals surface area contributed by atoms with Crippen LogP contribution in [0.15, 0.2) is 18.2 Å². The van der Waals surface area contributed by atoms with E-state index in [-0.39, 0.29) is 19.1 Å². The molecule has 2 rings (SSSR count). The number of unbranched alkanes of at least 4 members (excludes halogenated alkanes) is 9. The predicted octanol–water partition coefficient (Wildman–Crippen LogP) is 6.03. The van der Waals surface area contributed by atoms with Gasteiger partial charge in [0, 0.05) is 12.3 Å². The summed E-state index contributed by atoms with van der Waals surface area (Å²) in [5.74, 6) is 0.399. The summed E-state index contributed by atoms with van der Waals surface area (Å²) in [6.45, 7) is 3.05. The summed E-state index contributed by atoms with van der Waals surface area (Å²) in [5.41, 5.74) is 2.10. The predicted molar refractivity (Wildman–Crippen MR) is 133 cm³/mol. The van der Waals surface area contributed by atoms with Crippen molar-refractivity contribution in [2.45, 2.75) is 103 Å². The molecule has 0 saturated carbocycles. The van der Waals surface area contributed by atoms with Gasteiger partial charge in [0.25, 0.3) is 0 Å². The van der Waals surface area contributed by atoms with Gasteiger partial charge in [-0.15, -0.1) is 0 Å². The highest BCUT2D eigenvalue weighted by Crippen LogP contribution is 2.31. The maximum absolute atomic E-state index is 12.3. The second-order valence-corrected chi connectivity index (χ2v) is 10.7. The molecule has 1 amide bonds. The lowest BCUT2D eigenvalue weighted by Gasteiger charge is -2.22. The maximum Gasteiger partial charge on any atom is 0.407 e. The van der Waals surface area contributed by atoms with E-state index >= 15 is 0 Å². The molecule has 1 N–H and O–H groups in total. The largest absolute Gasteiger partial charge is 0.748 e. The summed E-state index contributed by atoms with van der Waals surface area (Å²) in [6.07, 6.45) is 14.2. The fraction of sp³-hybridized carbons (Fsp3) is 0.731. The van der Waals surface area contributed by atoms with E-state index in [1.54, 1.807) is 0 Å². The molecule has 0 fully saturated rings. The summed E-state index contributed by atoms with van der Waals surface area (Å²) in [7, 11) is -4.28. The van der Waals surface area contributed by atoms with Crippen molar-refractivity contribution in [3.63, 3.8) is 0 Å². The first kappa shape index (κ1) is 28.4. The number of hydrogen-bond acceptors (Lipinski definition) is 6. The standard InChI is InChI=1S/C26H43NO6S/c1-2-3-4-5-6-7-8-9-10-11-15-25(33-26(28)27-18-13-20-34(29,30)31)23-16-17-24-22(21-23)14-12-19-32-24/h16-17,21,25H,2-15,18-20H2,1H3,(H,27,28)(H,29,30,31)/p-1. The number of benzene rings is 1. The molecule has 0 saturated heterocycles. The van der Waals surface area contributed by atoms with Crippen molar-refractivity contribution in [2.75, 3.05) is 18.9 Å². The summed E-state index contributed by atoms with van der Waals surface area (Å²) in [4.78, 5) is 12.3. The molecule has 1 heterocycles. The zero-order valence-electron chi connectivity index (χ0n) is 20.7. The van der Waals surface area contributed by atoms with Gasteiger partial charge in [0.15, 0.2) is 0 Å². The van der Waals surface area contributed by atoms with Crippen molar-refractivity contribution < 1.29 is 27.2 Å². The molecule has 1 atom stereocenters. The molecular formula is C26H42NO6S-. The van der Waals surface area contributed by atoms with E-state index in [0.29, 0.717) is 0 Å². The third-order valence-corrected chi connectivity index (χ3v) is 7.00. The number of amides is 1. The Morgan fingerprint density at radius 1 is 1.06 bits per heavy atom. The lowest BCUT2D eigenvalue weighted by atomic mass is 9.97. The minimum atomic E-state index is -4.28. The molecule has 34 heavy (non-hydrogen) atoms. The Bertz CT molecular complexity index is 827. The molecule has 1 aliphatic heterocycles. The average Bonchev–Trinajstić information content (AvgIpc) is 2.81. The van der Waals surface area contributed by atoms with Crippen LogP contribution >= 0.6 is 0 Å². The molecule has 1 aliphatic rings. The third-order valence-electron chi connectivity index (χ3n) is 6.21. The van der Waals surface area contributed by atoms with Gasteiger partial charge in [0.05, 0.1) is 16.7 Å². The molecule has 7 nitrogen and oxygen atoms in total. The fourth-order valence-electron chi connectivity index (χ4n) is 4.30. The first-order valence-corrected chi connectivity index (χ1v) is 14.6. The van der Waals surface area contributed by atoms with Crippen LogP contribution in [-0.4, -0.2) is 38.0 Å². The van der Waals surface area contributed by atoms with Gasteiger partial charge in [-0.05, 0) is 55.4 Å². The van der Waals surface area contributed by atoms with Gasteiger partial charge in [-0.25, -0.2) is 13.2 Å². The molecular weight excluding hydrogens is 454 g/mol. The Morgan fingerprint density at radius 3 is 2.41 bits per heavy atom. The number of nitrogens with one attached hydrogen (secondary N) is 1. The minimum absolute atomic E-state index is 0.0697. The first-order valence-electron chi connectivity index (χ1n) is 13.0. The molecule has 0 spiro atoms. The SMILES string of the molecule is CCCCCCCCCCCCC(OC(=O)NCCCS(=O)(=O)[O-])c1ccc2c(c1)CCCO2. The number of aryl methyl sites for hydroxylation is 1. The van der Waals surface area contributed by atoms with Crippen molar-refractivity contribution in [2.24, 2.45) is 0 Å². The number of rotatable bonds is 17. The highest BCUT2D eigenvalue weighted by Gasteiger charge is 2.19. The normalized spacial score (nSPS) is 14.2. The van der Waals surface area contributed by atoms with Crippen molar-refractivity contribution in [3.05, 3.63) is 29.3 Å². The van der Waals surface area contributed by atoms with E-state index in [0.717, 1.165) is 55.6 Å². The fourth-order valence-corrected chi connectivity index (χ4v) is 4.80. The smallest absolute Gasteiger partial charge is 0.407 e. The van der Waals surface area contributed by atoms with Crippen LogP contribution in [0.1, 0.15) is 108 Å². The van der Waals surface area contributed by atoms with Crippen LogP contribution in [0.3, 0.4) is 0 Å². The third kappa shape index (κ3) is 12.1. The van der Waals surface area contributed by atoms with Gasteiger partial charge in [-0.2, -0.15) is 0 Å². The van der Waals surface area contributed by atoms with Gasteiger partial charge in [0.1, 0.15) is 11.9 Å². The van der Waals surface area contributed by atoms with Gasteiger partial charge < -0.3 is 19.3 Å². The van der Waals surface area contributed by atoms with E-state index in [1.807, 2.05) is 12.1 Å². The zero-order valence-corrected chi connectivity index (χ0v) is 21.5. The summed E-state index contributed by atoms with van der Waals surface area (Å²) < 4.78 is 43.6. The van der Waals surface area contributed by atoms with Crippen molar-refractivity contribution >= 4 is 16.2 Å². The van der Waals surface area contributed by atoms with E-state index in [2.05, 4.69) is 18.3 Å². The molecule has 194 valence electrons. The van der Waals surface area contributed by atoms with Crippen LogP contribution in [0.5, 0.6) is 5.75 Å².